The molecule has 0 aliphatic carbocycles. The van der Waals surface area contributed by atoms with Crippen LogP contribution in [0, 0.1) is 11.2 Å². The van der Waals surface area contributed by atoms with Crippen molar-refractivity contribution in [2.75, 3.05) is 0 Å². The monoisotopic (exact) mass is 235 g/mol. The van der Waals surface area contributed by atoms with E-state index in [1.54, 1.807) is 0 Å². The van der Waals surface area contributed by atoms with Crippen molar-refractivity contribution >= 4 is 17.6 Å². The second kappa shape index (κ2) is 5.55. The zero-order chi connectivity index (χ0) is 12.8. The number of hydrogen-bond donors (Lipinski definition) is 3. The highest BCUT2D eigenvalue weighted by molar-refractivity contribution is 6.08. The molecule has 1 aromatic rings. The molecular weight excluding hydrogens is 225 g/mol. The topological polar surface area (TPSA) is 99.5 Å². The fourth-order valence-corrected chi connectivity index (χ4v) is 1.02. The number of rotatable bonds is 3. The van der Waals surface area contributed by atoms with E-state index in [1.165, 1.54) is 18.2 Å². The maximum Gasteiger partial charge on any atom is 0.328 e. The van der Waals surface area contributed by atoms with Crippen molar-refractivity contribution in [2.45, 2.75) is 0 Å². The molecule has 0 saturated heterocycles. The van der Waals surface area contributed by atoms with Crippen LogP contribution in [0.5, 0.6) is 0 Å². The summed E-state index contributed by atoms with van der Waals surface area (Å²) < 4.78 is 12.9. The highest BCUT2D eigenvalue weighted by atomic mass is 19.1. The lowest BCUT2D eigenvalue weighted by Gasteiger charge is -1.99. The molecule has 0 atom stereocenters. The predicted octanol–water partition coefficient (Wildman–Crippen LogP) is 1.15. The molecule has 0 radical (unpaired) electrons. The van der Waals surface area contributed by atoms with E-state index in [-0.39, 0.29) is 17.2 Å². The maximum absolute atomic E-state index is 12.9. The third kappa shape index (κ3) is 4.25. The van der Waals surface area contributed by atoms with Crippen molar-refractivity contribution < 1.29 is 14.3 Å². The summed E-state index contributed by atoms with van der Waals surface area (Å²) in [4.78, 5) is 13.8. The number of aliphatic imine (C=N–C) groups is 1. The second-order valence-electron chi connectivity index (χ2n) is 3.07. The molecule has 6 heteroatoms. The van der Waals surface area contributed by atoms with Crippen LogP contribution in [0.3, 0.4) is 0 Å². The number of benzene rings is 1. The predicted molar refractivity (Wildman–Crippen MR) is 61.6 cm³/mol. The fraction of sp³-hybridized carbons (Fsp3) is 0. The molecule has 0 saturated carbocycles. The van der Waals surface area contributed by atoms with E-state index in [2.05, 4.69) is 4.99 Å². The Morgan fingerprint density at radius 2 is 2.18 bits per heavy atom. The normalized spacial score (nSPS) is 11.7. The van der Waals surface area contributed by atoms with Crippen LogP contribution >= 0.6 is 0 Å². The van der Waals surface area contributed by atoms with Crippen molar-refractivity contribution in [1.29, 1.82) is 5.41 Å². The fourth-order valence-electron chi connectivity index (χ4n) is 1.02. The third-order valence-electron chi connectivity index (χ3n) is 1.74. The van der Waals surface area contributed by atoms with Gasteiger partial charge in [-0.1, -0.05) is 12.1 Å². The van der Waals surface area contributed by atoms with Gasteiger partial charge in [0.25, 0.3) is 0 Å². The molecule has 0 bridgehead atoms. The number of halogens is 1. The molecule has 0 heterocycles. The molecular formula is C11H10FN3O2. The minimum Gasteiger partial charge on any atom is -0.478 e. The van der Waals surface area contributed by atoms with Crippen molar-refractivity contribution in [3.05, 3.63) is 47.8 Å². The minimum atomic E-state index is -1.17. The average Bonchev–Trinajstić information content (AvgIpc) is 2.26. The van der Waals surface area contributed by atoms with Crippen molar-refractivity contribution in [1.82, 2.24) is 0 Å². The Morgan fingerprint density at radius 3 is 2.76 bits per heavy atom. The Morgan fingerprint density at radius 1 is 1.47 bits per heavy atom. The zero-order valence-electron chi connectivity index (χ0n) is 8.72. The Bertz CT molecular complexity index is 509. The Balaban J connectivity index is 2.85. The lowest BCUT2D eigenvalue weighted by atomic mass is 10.2. The van der Waals surface area contributed by atoms with Gasteiger partial charge in [-0.3, -0.25) is 5.41 Å². The number of carbonyl (C=O) groups is 1. The van der Waals surface area contributed by atoms with Crippen LogP contribution in [0.15, 0.2) is 41.4 Å². The first-order valence-electron chi connectivity index (χ1n) is 4.58. The van der Waals surface area contributed by atoms with Crippen molar-refractivity contribution in [3.63, 3.8) is 0 Å². The summed E-state index contributed by atoms with van der Waals surface area (Å²) in [5.41, 5.74) is 5.62. The van der Waals surface area contributed by atoms with Crippen molar-refractivity contribution in [2.24, 2.45) is 10.7 Å². The van der Waals surface area contributed by atoms with Gasteiger partial charge in [0, 0.05) is 11.6 Å². The van der Waals surface area contributed by atoms with E-state index in [0.717, 1.165) is 18.2 Å². The largest absolute Gasteiger partial charge is 0.478 e. The summed E-state index contributed by atoms with van der Waals surface area (Å²) in [6, 6.07) is 5.33. The first kappa shape index (κ1) is 12.6. The van der Waals surface area contributed by atoms with Gasteiger partial charge in [-0.15, -0.1) is 0 Å². The summed E-state index contributed by atoms with van der Waals surface area (Å²) in [7, 11) is 0. The number of amidine groups is 2. The number of aliphatic carboxylic acids is 1. The first-order valence-corrected chi connectivity index (χ1v) is 4.58. The molecule has 88 valence electrons. The number of carboxylic acids is 1. The average molecular weight is 235 g/mol. The van der Waals surface area contributed by atoms with Gasteiger partial charge in [0.1, 0.15) is 11.7 Å². The van der Waals surface area contributed by atoms with E-state index in [9.17, 15) is 9.18 Å². The summed E-state index contributed by atoms with van der Waals surface area (Å²) in [5.74, 6) is -2.03. The van der Waals surface area contributed by atoms with Crippen LogP contribution in [0.25, 0.3) is 0 Å². The Labute approximate surface area is 96.6 Å². The number of carboxylic acid groups (broad SMARTS) is 1. The van der Waals surface area contributed by atoms with Crippen molar-refractivity contribution in [3.8, 4) is 0 Å². The molecule has 0 unspecified atom stereocenters. The minimum absolute atomic E-state index is 0.137. The molecule has 4 N–H and O–H groups in total. The quantitative estimate of drug-likeness (QED) is 0.416. The van der Waals surface area contributed by atoms with Gasteiger partial charge in [-0.2, -0.15) is 0 Å². The van der Waals surface area contributed by atoms with E-state index >= 15 is 0 Å². The number of nitrogens with one attached hydrogen (secondary N) is 1. The lowest BCUT2D eigenvalue weighted by molar-refractivity contribution is -0.131. The molecule has 0 aliphatic rings. The summed E-state index contributed by atoms with van der Waals surface area (Å²) >= 11 is 0. The SMILES string of the molecule is N=C(N=C(N)/C=C\C(=O)O)c1cccc(F)c1. The van der Waals surface area contributed by atoms with E-state index < -0.39 is 11.8 Å². The number of nitrogens with two attached hydrogens (primary N) is 1. The molecule has 5 nitrogen and oxygen atoms in total. The highest BCUT2D eigenvalue weighted by Gasteiger charge is 2.01. The van der Waals surface area contributed by atoms with Gasteiger partial charge in [0.15, 0.2) is 5.84 Å². The van der Waals surface area contributed by atoms with Gasteiger partial charge in [0.2, 0.25) is 0 Å². The molecule has 17 heavy (non-hydrogen) atoms. The van der Waals surface area contributed by atoms with E-state index in [4.69, 9.17) is 16.2 Å². The number of nitrogens with zero attached hydrogens (tertiary/aromatic N) is 1. The highest BCUT2D eigenvalue weighted by Crippen LogP contribution is 2.04. The molecule has 1 aromatic carbocycles. The molecule has 0 spiro atoms. The summed E-state index contributed by atoms with van der Waals surface area (Å²) in [6.07, 6.45) is 1.86. The molecule has 0 amide bonds. The molecule has 0 fully saturated rings. The van der Waals surface area contributed by atoms with Crippen LogP contribution < -0.4 is 5.73 Å². The number of hydrogen-bond acceptors (Lipinski definition) is 2. The first-order chi connectivity index (χ1) is 7.99. The standard InChI is InChI=1S/C11H10FN3O2/c12-8-3-1-2-7(6-8)11(14)15-9(13)4-5-10(16)17/h1-6H,(H,16,17)(H3,13,14,15)/b5-4-. The molecule has 1 rings (SSSR count). The Hall–Kier alpha value is -2.50. The summed E-state index contributed by atoms with van der Waals surface area (Å²) in [5, 5.41) is 15.9. The lowest BCUT2D eigenvalue weighted by Crippen LogP contribution is -2.12. The third-order valence-corrected chi connectivity index (χ3v) is 1.74. The van der Waals surface area contributed by atoms with Gasteiger partial charge < -0.3 is 10.8 Å². The molecule has 0 aliphatic heterocycles. The van der Waals surface area contributed by atoms with E-state index in [1.807, 2.05) is 0 Å². The zero-order valence-corrected chi connectivity index (χ0v) is 8.72. The van der Waals surface area contributed by atoms with Gasteiger partial charge in [0.05, 0.1) is 0 Å². The van der Waals surface area contributed by atoms with Gasteiger partial charge in [-0.05, 0) is 18.2 Å². The van der Waals surface area contributed by atoms with Crippen LogP contribution in [0.2, 0.25) is 0 Å². The maximum atomic E-state index is 12.9. The Kier molecular flexibility index (Phi) is 4.10. The van der Waals surface area contributed by atoms with Gasteiger partial charge >= 0.3 is 5.97 Å². The van der Waals surface area contributed by atoms with E-state index in [0.29, 0.717) is 0 Å². The van der Waals surface area contributed by atoms with Crippen LogP contribution in [0.4, 0.5) is 4.39 Å². The molecule has 0 aromatic heterocycles. The van der Waals surface area contributed by atoms with Gasteiger partial charge in [-0.25, -0.2) is 14.2 Å². The van der Waals surface area contributed by atoms with Crippen LogP contribution in [-0.4, -0.2) is 22.7 Å². The summed E-state index contributed by atoms with van der Waals surface area (Å²) in [6.45, 7) is 0. The smallest absolute Gasteiger partial charge is 0.328 e. The van der Waals surface area contributed by atoms with Crippen LogP contribution in [-0.2, 0) is 4.79 Å². The van der Waals surface area contributed by atoms with Crippen LogP contribution in [0.1, 0.15) is 5.56 Å². The second-order valence-corrected chi connectivity index (χ2v) is 3.07.